The van der Waals surface area contributed by atoms with E-state index in [1.54, 1.807) is 13.3 Å². The van der Waals surface area contributed by atoms with Crippen molar-refractivity contribution in [2.24, 2.45) is 5.73 Å². The van der Waals surface area contributed by atoms with Crippen LogP contribution in [0.1, 0.15) is 50.6 Å². The largest absolute Gasteiger partial charge is 0.492 e. The van der Waals surface area contributed by atoms with Crippen LogP contribution in [0.4, 0.5) is 0 Å². The molecule has 1 aromatic rings. The third kappa shape index (κ3) is 3.07. The minimum atomic E-state index is -0.231. The van der Waals surface area contributed by atoms with Crippen molar-refractivity contribution in [1.29, 1.82) is 0 Å². The number of rotatable bonds is 6. The zero-order chi connectivity index (χ0) is 13.7. The number of nitrogens with zero attached hydrogens (tertiary/aromatic N) is 1. The molecule has 4 nitrogen and oxygen atoms in total. The summed E-state index contributed by atoms with van der Waals surface area (Å²) in [6, 6.07) is 1.85. The molecule has 2 rings (SSSR count). The van der Waals surface area contributed by atoms with Crippen molar-refractivity contribution < 1.29 is 9.47 Å². The number of aromatic nitrogens is 1. The van der Waals surface area contributed by atoms with Gasteiger partial charge in [-0.1, -0.05) is 19.8 Å². The van der Waals surface area contributed by atoms with Gasteiger partial charge in [-0.15, -0.1) is 0 Å². The lowest BCUT2D eigenvalue weighted by atomic mass is 9.88. The highest BCUT2D eigenvalue weighted by atomic mass is 16.5. The van der Waals surface area contributed by atoms with Crippen LogP contribution in [0.15, 0.2) is 18.5 Å². The summed E-state index contributed by atoms with van der Waals surface area (Å²) in [5.74, 6) is 0.791. The number of nitrogens with two attached hydrogens (primary N) is 1. The van der Waals surface area contributed by atoms with Gasteiger partial charge in [-0.3, -0.25) is 4.98 Å². The van der Waals surface area contributed by atoms with Gasteiger partial charge in [0.2, 0.25) is 0 Å². The van der Waals surface area contributed by atoms with Crippen molar-refractivity contribution in [1.82, 2.24) is 4.98 Å². The van der Waals surface area contributed by atoms with Crippen LogP contribution in [0.2, 0.25) is 0 Å². The van der Waals surface area contributed by atoms with Crippen molar-refractivity contribution in [3.05, 3.63) is 24.0 Å². The highest BCUT2D eigenvalue weighted by Gasteiger charge is 2.40. The molecule has 106 valence electrons. The van der Waals surface area contributed by atoms with Gasteiger partial charge in [0.05, 0.1) is 24.4 Å². The average molecular weight is 264 g/mol. The van der Waals surface area contributed by atoms with Gasteiger partial charge in [0.25, 0.3) is 0 Å². The van der Waals surface area contributed by atoms with Crippen LogP contribution < -0.4 is 10.5 Å². The minimum Gasteiger partial charge on any atom is -0.492 e. The summed E-state index contributed by atoms with van der Waals surface area (Å²) >= 11 is 0. The second-order valence-electron chi connectivity index (χ2n) is 5.26. The Morgan fingerprint density at radius 3 is 2.74 bits per heavy atom. The van der Waals surface area contributed by atoms with Crippen LogP contribution in [-0.2, 0) is 4.74 Å². The molecule has 1 heterocycles. The monoisotopic (exact) mass is 264 g/mol. The normalized spacial score (nSPS) is 19.3. The number of hydrogen-bond acceptors (Lipinski definition) is 4. The van der Waals surface area contributed by atoms with E-state index in [1.165, 1.54) is 12.8 Å². The van der Waals surface area contributed by atoms with Crippen molar-refractivity contribution in [2.75, 3.05) is 13.7 Å². The molecular formula is C15H24N2O2. The Kier molecular flexibility index (Phi) is 4.77. The molecule has 1 saturated carbocycles. The summed E-state index contributed by atoms with van der Waals surface area (Å²) < 4.78 is 11.4. The standard InChI is InChI=1S/C15H24N2O2/c1-3-8-19-13-9-12(10-17-11-13)14(16)15(18-2)6-4-5-7-15/h9-11,14H,3-8,16H2,1-2H3. The van der Waals surface area contributed by atoms with Crippen LogP contribution in [0.25, 0.3) is 0 Å². The van der Waals surface area contributed by atoms with Gasteiger partial charge in [-0.2, -0.15) is 0 Å². The zero-order valence-corrected chi connectivity index (χ0v) is 11.9. The van der Waals surface area contributed by atoms with Crippen molar-refractivity contribution in [3.63, 3.8) is 0 Å². The predicted molar refractivity (Wildman–Crippen MR) is 75.2 cm³/mol. The maximum Gasteiger partial charge on any atom is 0.137 e. The third-order valence-electron chi connectivity index (χ3n) is 3.99. The molecule has 1 aromatic heterocycles. The fourth-order valence-corrected chi connectivity index (χ4v) is 2.82. The highest BCUT2D eigenvalue weighted by Crippen LogP contribution is 2.41. The lowest BCUT2D eigenvalue weighted by Crippen LogP contribution is -2.40. The van der Waals surface area contributed by atoms with Gasteiger partial charge in [0.1, 0.15) is 5.75 Å². The Morgan fingerprint density at radius 2 is 2.11 bits per heavy atom. The molecule has 0 aliphatic heterocycles. The van der Waals surface area contributed by atoms with Crippen molar-refractivity contribution in [3.8, 4) is 5.75 Å². The van der Waals surface area contributed by atoms with E-state index in [2.05, 4.69) is 11.9 Å². The second-order valence-corrected chi connectivity index (χ2v) is 5.26. The first-order valence-corrected chi connectivity index (χ1v) is 7.10. The molecule has 0 radical (unpaired) electrons. The topological polar surface area (TPSA) is 57.4 Å². The molecule has 0 saturated heterocycles. The zero-order valence-electron chi connectivity index (χ0n) is 11.9. The SMILES string of the molecule is CCCOc1cncc(C(N)C2(OC)CCCC2)c1. The van der Waals surface area contributed by atoms with E-state index in [0.717, 1.165) is 30.6 Å². The summed E-state index contributed by atoms with van der Waals surface area (Å²) in [4.78, 5) is 4.23. The quantitative estimate of drug-likeness (QED) is 0.858. The molecule has 1 fully saturated rings. The van der Waals surface area contributed by atoms with Gasteiger partial charge in [0.15, 0.2) is 0 Å². The van der Waals surface area contributed by atoms with Crippen molar-refractivity contribution in [2.45, 2.75) is 50.7 Å². The Balaban J connectivity index is 2.15. The van der Waals surface area contributed by atoms with Crippen LogP contribution in [-0.4, -0.2) is 24.3 Å². The molecule has 2 N–H and O–H groups in total. The van der Waals surface area contributed by atoms with Gasteiger partial charge >= 0.3 is 0 Å². The summed E-state index contributed by atoms with van der Waals surface area (Å²) in [5, 5.41) is 0. The van der Waals surface area contributed by atoms with Crippen molar-refractivity contribution >= 4 is 0 Å². The van der Waals surface area contributed by atoms with E-state index in [0.29, 0.717) is 6.61 Å². The summed E-state index contributed by atoms with van der Waals surface area (Å²) in [6.07, 6.45) is 8.94. The summed E-state index contributed by atoms with van der Waals surface area (Å²) in [5.41, 5.74) is 7.19. The molecule has 19 heavy (non-hydrogen) atoms. The molecule has 0 spiro atoms. The minimum absolute atomic E-state index is 0.141. The Morgan fingerprint density at radius 1 is 1.37 bits per heavy atom. The molecule has 0 bridgehead atoms. The van der Waals surface area contributed by atoms with E-state index in [4.69, 9.17) is 15.2 Å². The van der Waals surface area contributed by atoms with Gasteiger partial charge < -0.3 is 15.2 Å². The number of methoxy groups -OCH3 is 1. The first kappa shape index (κ1) is 14.3. The fraction of sp³-hybridized carbons (Fsp3) is 0.667. The number of pyridine rings is 1. The van der Waals surface area contributed by atoms with Crippen LogP contribution in [0, 0.1) is 0 Å². The van der Waals surface area contributed by atoms with Crippen LogP contribution >= 0.6 is 0 Å². The van der Waals surface area contributed by atoms with E-state index in [-0.39, 0.29) is 11.6 Å². The maximum atomic E-state index is 6.42. The molecule has 1 aliphatic carbocycles. The van der Waals surface area contributed by atoms with E-state index >= 15 is 0 Å². The molecule has 1 aliphatic rings. The Labute approximate surface area is 115 Å². The third-order valence-corrected chi connectivity index (χ3v) is 3.99. The van der Waals surface area contributed by atoms with Crippen LogP contribution in [0.5, 0.6) is 5.75 Å². The lowest BCUT2D eigenvalue weighted by Gasteiger charge is -2.34. The van der Waals surface area contributed by atoms with E-state index < -0.39 is 0 Å². The molecule has 4 heteroatoms. The molecular weight excluding hydrogens is 240 g/mol. The van der Waals surface area contributed by atoms with Gasteiger partial charge in [0, 0.05) is 13.3 Å². The van der Waals surface area contributed by atoms with Crippen LogP contribution in [0.3, 0.4) is 0 Å². The summed E-state index contributed by atoms with van der Waals surface area (Å²) in [6.45, 7) is 2.79. The predicted octanol–water partition coefficient (Wildman–Crippen LogP) is 2.83. The number of hydrogen-bond donors (Lipinski definition) is 1. The Bertz CT molecular complexity index is 403. The van der Waals surface area contributed by atoms with Gasteiger partial charge in [-0.05, 0) is 30.9 Å². The lowest BCUT2D eigenvalue weighted by molar-refractivity contribution is -0.0265. The smallest absolute Gasteiger partial charge is 0.137 e. The average Bonchev–Trinajstić information content (AvgIpc) is 2.94. The molecule has 0 aromatic carbocycles. The van der Waals surface area contributed by atoms with E-state index in [1.807, 2.05) is 12.3 Å². The number of ether oxygens (including phenoxy) is 2. The fourth-order valence-electron chi connectivity index (χ4n) is 2.82. The molecule has 0 amide bonds. The second kappa shape index (κ2) is 6.35. The molecule has 1 unspecified atom stereocenters. The summed E-state index contributed by atoms with van der Waals surface area (Å²) in [7, 11) is 1.76. The maximum absolute atomic E-state index is 6.42. The Hall–Kier alpha value is -1.13. The first-order chi connectivity index (χ1) is 9.22. The first-order valence-electron chi connectivity index (χ1n) is 7.10. The van der Waals surface area contributed by atoms with E-state index in [9.17, 15) is 0 Å². The molecule has 1 atom stereocenters. The van der Waals surface area contributed by atoms with Gasteiger partial charge in [-0.25, -0.2) is 0 Å². The highest BCUT2D eigenvalue weighted by molar-refractivity contribution is 5.28.